The summed E-state index contributed by atoms with van der Waals surface area (Å²) in [5.74, 6) is -14.4. The Hall–Kier alpha value is -6.45. The van der Waals surface area contributed by atoms with Crippen LogP contribution in [0.3, 0.4) is 0 Å². The van der Waals surface area contributed by atoms with Gasteiger partial charge in [0.15, 0.2) is 6.04 Å². The largest absolute Gasteiger partial charge is 0.480 e. The first-order valence-electron chi connectivity index (χ1n) is 26.9. The van der Waals surface area contributed by atoms with E-state index in [1.54, 1.807) is 50.4 Å². The predicted molar refractivity (Wildman–Crippen MR) is 316 cm³/mol. The van der Waals surface area contributed by atoms with Crippen LogP contribution >= 0.6 is 42.8 Å². The summed E-state index contributed by atoms with van der Waals surface area (Å²) in [6.45, 7) is 7.08. The van der Waals surface area contributed by atoms with Gasteiger partial charge in [-0.3, -0.25) is 62.2 Å². The van der Waals surface area contributed by atoms with E-state index in [1.165, 1.54) is 48.3 Å². The molecule has 9 amide bonds. The van der Waals surface area contributed by atoms with Crippen molar-refractivity contribution in [3.05, 3.63) is 71.9 Å². The Morgan fingerprint density at radius 1 is 0.573 bits per heavy atom. The fraction of sp³-hybridized carbons (Fsp3) is 0.510. The van der Waals surface area contributed by atoms with Crippen molar-refractivity contribution >= 4 is 113 Å². The molecule has 0 saturated carbocycles. The minimum Gasteiger partial charge on any atom is -0.480 e. The third-order valence-corrected chi connectivity index (χ3v) is 16.0. The number of fused-ring (bicyclic) bond motifs is 1. The summed E-state index contributed by atoms with van der Waals surface area (Å²) in [6.07, 6.45) is -3.59. The molecule has 0 aliphatic heterocycles. The number of carbonyl (C=O) groups excluding carboxylic acids is 9. The Labute approximate surface area is 513 Å². The average Bonchev–Trinajstić information content (AvgIpc) is 2.07. The van der Waals surface area contributed by atoms with Crippen LogP contribution in [0.15, 0.2) is 60.8 Å². The van der Waals surface area contributed by atoms with Gasteiger partial charge in [0.1, 0.15) is 36.3 Å². The molecule has 2 aromatic carbocycles. The maximum atomic E-state index is 14.9. The number of rotatable bonds is 36. The van der Waals surface area contributed by atoms with Gasteiger partial charge in [0.2, 0.25) is 53.2 Å². The van der Waals surface area contributed by atoms with E-state index in [0.29, 0.717) is 9.90 Å². The molecule has 0 aliphatic rings. The zero-order chi connectivity index (χ0) is 67.5. The van der Waals surface area contributed by atoms with Crippen LogP contribution in [0.1, 0.15) is 77.8 Å². The molecule has 89 heavy (non-hydrogen) atoms. The Kier molecular flexibility index (Phi) is 29.4. The summed E-state index contributed by atoms with van der Waals surface area (Å²) in [6, 6.07) is -0.202. The number of hydrogen-bond acceptors (Lipinski definition) is 17. The lowest BCUT2D eigenvalue weighted by Gasteiger charge is -2.29. The Morgan fingerprint density at radius 3 is 1.60 bits per heavy atom. The van der Waals surface area contributed by atoms with Crippen LogP contribution in [0.25, 0.3) is 10.9 Å². The number of aliphatic carboxylic acids is 1. The third kappa shape index (κ3) is 26.9. The molecule has 0 radical (unpaired) electrons. The van der Waals surface area contributed by atoms with Gasteiger partial charge in [0.05, 0.1) is 24.1 Å². The Bertz CT molecular complexity index is 3230. The molecule has 0 fully saturated rings. The maximum Gasteiger partial charge on any atom is 0.469 e. The number of nitrogens with zero attached hydrogens (tertiary/aromatic N) is 1. The van der Waals surface area contributed by atoms with E-state index >= 15 is 0 Å². The highest BCUT2D eigenvalue weighted by molar-refractivity contribution is 7.98. The van der Waals surface area contributed by atoms with Crippen LogP contribution in [-0.2, 0) is 83.6 Å². The number of nitrogens with one attached hydrogen (secondary N) is 9. The van der Waals surface area contributed by atoms with Gasteiger partial charge in [-0.25, -0.2) is 23.1 Å². The number of carbonyl (C=O) groups is 10. The van der Waals surface area contributed by atoms with E-state index < -0.39 is 182 Å². The predicted octanol–water partition coefficient (Wildman–Crippen LogP) is -2.29. The maximum absolute atomic E-state index is 14.9. The Morgan fingerprint density at radius 2 is 1.06 bits per heavy atom. The second-order valence-corrected chi connectivity index (χ2v) is 27.3. The summed E-state index contributed by atoms with van der Waals surface area (Å²) in [4.78, 5) is 214. The number of hydrogen-bond donors (Lipinski definition) is 19. The summed E-state index contributed by atoms with van der Waals surface area (Å²) >= 11 is 1.13. The van der Waals surface area contributed by atoms with Gasteiger partial charge in [-0.1, -0.05) is 76.2 Å². The molecular weight excluding hydrogens is 1280 g/mol. The summed E-state index contributed by atoms with van der Waals surface area (Å²) < 4.78 is 52.6. The number of phosphoric acid groups is 1. The fourth-order valence-corrected chi connectivity index (χ4v) is 11.3. The molecule has 9 atom stereocenters. The van der Waals surface area contributed by atoms with Crippen molar-refractivity contribution in [2.75, 3.05) is 12.0 Å². The molecule has 35 nitrogen and oxygen atoms in total. The minimum absolute atomic E-state index is 0.00872. The van der Waals surface area contributed by atoms with Crippen LogP contribution < -0.4 is 53.1 Å². The molecule has 20 N–H and O–H groups in total. The first-order valence-corrected chi connectivity index (χ1v) is 34.6. The van der Waals surface area contributed by atoms with Gasteiger partial charge in [0.25, 0.3) is 0 Å². The molecule has 40 heteroatoms. The van der Waals surface area contributed by atoms with Crippen molar-refractivity contribution in [3.8, 4) is 0 Å². The third-order valence-electron chi connectivity index (χ3n) is 12.8. The molecular formula is C49H75N11O24P4S. The molecule has 1 aromatic heterocycles. The topological polar surface area (TPSA) is 569 Å². The van der Waals surface area contributed by atoms with Gasteiger partial charge in [0, 0.05) is 24.4 Å². The van der Waals surface area contributed by atoms with Gasteiger partial charge in [-0.15, -0.1) is 0 Å². The van der Waals surface area contributed by atoms with E-state index in [1.807, 2.05) is 5.32 Å². The highest BCUT2D eigenvalue weighted by Crippen LogP contribution is 2.42. The SMILES string of the molecule is CSCC[C@H](NC(=O)[C@H](CC(C)C)NC(=O)[C@H](Cc1cn(P(=O)(O)O)c2ccccc12)NC(=O)[C@H](CCC(=O)NP(=O)(O)O)NC(=O)[C@@H](NC(=O)[C@@H](N)Cc1ccccc1)C(C)C)C(=O)N[C@@H](CC(=O)NP(=O)(O)O)C(=O)N[C@H](C(=O)O)[C@@H](C)OP(=O)(O)O. The molecule has 3 aromatic rings. The number of benzene rings is 2. The molecule has 496 valence electrons. The van der Waals surface area contributed by atoms with E-state index in [2.05, 4.69) is 36.4 Å². The zero-order valence-corrected chi connectivity index (χ0v) is 53.0. The minimum atomic E-state index is -5.41. The summed E-state index contributed by atoms with van der Waals surface area (Å²) in [7, 11) is -21.2. The van der Waals surface area contributed by atoms with Crippen molar-refractivity contribution in [2.24, 2.45) is 17.6 Å². The lowest BCUT2D eigenvalue weighted by Crippen LogP contribution is -2.61. The molecule has 0 bridgehead atoms. The van der Waals surface area contributed by atoms with Crippen molar-refractivity contribution in [1.82, 2.24) is 51.7 Å². The number of thioether (sulfide) groups is 1. The number of carboxylic acids is 1. The molecule has 1 heterocycles. The van der Waals surface area contributed by atoms with E-state index in [-0.39, 0.29) is 41.5 Å². The molecule has 0 aliphatic carbocycles. The summed E-state index contributed by atoms with van der Waals surface area (Å²) in [5, 5.41) is 28.8. The lowest BCUT2D eigenvalue weighted by molar-refractivity contribution is -0.145. The first kappa shape index (κ1) is 76.8. The molecule has 0 spiro atoms. The number of amides is 9. The highest BCUT2D eigenvalue weighted by atomic mass is 32.2. The van der Waals surface area contributed by atoms with E-state index in [9.17, 15) is 110 Å². The first-order chi connectivity index (χ1) is 41.1. The second kappa shape index (κ2) is 34.1. The van der Waals surface area contributed by atoms with Gasteiger partial charge in [-0.2, -0.15) is 11.8 Å². The van der Waals surface area contributed by atoms with Crippen molar-refractivity contribution in [2.45, 2.75) is 134 Å². The lowest BCUT2D eigenvalue weighted by atomic mass is 9.99. The normalized spacial score (nSPS) is 15.2. The van der Waals surface area contributed by atoms with E-state index in [4.69, 9.17) is 5.73 Å². The molecule has 0 saturated heterocycles. The average molecular weight is 1360 g/mol. The standard InChI is InChI=1S/C49H75N11O24P4S/c1-25(2)20-34(45(66)51-33(18-19-89-6)44(65)55-36(23-39(62)59-86(75,76)77)47(68)57-41(49(70)71)27(5)84-88(81,82)83)53-46(67)35(22-29-24-60(87(78,79)80)37-15-11-10-14-30(29)37)54-43(64)32(16-17-38(61)58-85(72,73)74)52-48(69)40(26(3)4)56-42(63)31(50)21-28-12-8-7-9-13-28/h7-15,24-27,31-36,40-41H,16-23,50H2,1-6H3,(H,51,66)(H,52,69)(H,53,67)(H,54,64)(H,55,65)(H,56,63)(H,57,68)(H,70,71)(H2,78,79,80)(H2,81,82,83)(H3,58,61,72,73,74)(H3,59,62,75,76,77)/t27-,31+,32+,33+,34+,35+,36+,40+,41+/m1/s1. The van der Waals surface area contributed by atoms with Crippen molar-refractivity contribution in [1.29, 1.82) is 0 Å². The number of phosphoric ester groups is 1. The van der Waals surface area contributed by atoms with Crippen molar-refractivity contribution in [3.63, 3.8) is 0 Å². The van der Waals surface area contributed by atoms with Crippen molar-refractivity contribution < 1.29 is 115 Å². The zero-order valence-electron chi connectivity index (χ0n) is 48.7. The number of para-hydroxylation sites is 1. The van der Waals surface area contributed by atoms with E-state index in [0.717, 1.165) is 24.9 Å². The number of carboxylic acid groups (broad SMARTS) is 1. The smallest absolute Gasteiger partial charge is 0.469 e. The van der Waals surface area contributed by atoms with Crippen LogP contribution in [0.2, 0.25) is 0 Å². The summed E-state index contributed by atoms with van der Waals surface area (Å²) in [5.41, 5.74) is 6.82. The highest BCUT2D eigenvalue weighted by Gasteiger charge is 2.39. The van der Waals surface area contributed by atoms with Gasteiger partial charge >= 0.3 is 37.0 Å². The molecule has 3 rings (SSSR count). The number of nitrogens with two attached hydrogens (primary N) is 1. The second-order valence-electron chi connectivity index (χ2n) is 21.0. The Balaban J connectivity index is 2.14. The fourth-order valence-electron chi connectivity index (χ4n) is 8.63. The van der Waals surface area contributed by atoms with Gasteiger partial charge in [-0.05, 0) is 73.6 Å². The monoisotopic (exact) mass is 1360 g/mol. The van der Waals surface area contributed by atoms with Crippen LogP contribution in [0.5, 0.6) is 0 Å². The van der Waals surface area contributed by atoms with Crippen LogP contribution in [-0.4, -0.2) is 174 Å². The number of aromatic nitrogens is 1. The molecule has 0 unspecified atom stereocenters. The van der Waals surface area contributed by atoms with Gasteiger partial charge < -0.3 is 87.2 Å². The quantitative estimate of drug-likeness (QED) is 0.0273. The van der Waals surface area contributed by atoms with Crippen LogP contribution in [0.4, 0.5) is 0 Å². The van der Waals surface area contributed by atoms with Crippen LogP contribution in [0, 0.1) is 11.8 Å².